The van der Waals surface area contributed by atoms with Gasteiger partial charge in [0.25, 0.3) is 0 Å². The lowest BCUT2D eigenvalue weighted by molar-refractivity contribution is 0.709. The monoisotopic (exact) mass is 307 g/mol. The van der Waals surface area contributed by atoms with E-state index in [4.69, 9.17) is 11.6 Å². The van der Waals surface area contributed by atoms with E-state index in [-0.39, 0.29) is 0 Å². The largest absolute Gasteiger partial charge is 0.249 e. The minimum absolute atomic E-state index is 0.791. The molecule has 1 nitrogen and oxygen atoms in total. The molecule has 4 heteroatoms. The molecule has 0 spiro atoms. The highest BCUT2D eigenvalue weighted by molar-refractivity contribution is 9.10. The second-order valence-corrected chi connectivity index (χ2v) is 5.56. The van der Waals surface area contributed by atoms with E-state index in [1.54, 1.807) is 0 Å². The molecule has 0 aromatic carbocycles. The molecule has 0 aliphatic carbocycles. The molecule has 1 aromatic rings. The van der Waals surface area contributed by atoms with Crippen LogP contribution in [0.25, 0.3) is 0 Å². The van der Waals surface area contributed by atoms with Crippen LogP contribution in [0.5, 0.6) is 0 Å². The summed E-state index contributed by atoms with van der Waals surface area (Å²) >= 11 is 10.9. The van der Waals surface area contributed by atoms with Crippen LogP contribution in [-0.2, 0) is 0 Å². The molecule has 0 aliphatic heterocycles. The predicted molar refractivity (Wildman–Crippen MR) is 71.8 cm³/mol. The van der Waals surface area contributed by atoms with Crippen LogP contribution in [0.4, 0.5) is 0 Å². The number of halogens is 2. The minimum atomic E-state index is 0.791. The molecule has 0 atom stereocenters. The average molecular weight is 309 g/mol. The Morgan fingerprint density at radius 3 is 2.80 bits per heavy atom. The maximum Gasteiger partial charge on any atom is 0.110 e. The van der Waals surface area contributed by atoms with Gasteiger partial charge in [-0.25, -0.2) is 4.98 Å². The Kier molecular flexibility index (Phi) is 7.49. The summed E-state index contributed by atoms with van der Waals surface area (Å²) in [5, 5.41) is 1.09. The Labute approximate surface area is 109 Å². The molecule has 0 radical (unpaired) electrons. The fourth-order valence-electron chi connectivity index (χ4n) is 1.20. The number of thioether (sulfide) groups is 1. The average Bonchev–Trinajstić information content (AvgIpc) is 2.25. The highest BCUT2D eigenvalue weighted by atomic mass is 79.9. The molecule has 1 heterocycles. The van der Waals surface area contributed by atoms with Crippen molar-refractivity contribution in [3.63, 3.8) is 0 Å². The van der Waals surface area contributed by atoms with Gasteiger partial charge in [-0.2, -0.15) is 0 Å². The zero-order valence-electron chi connectivity index (χ0n) is 8.59. The first-order chi connectivity index (χ1) is 7.34. The first-order valence-corrected chi connectivity index (χ1v) is 7.45. The summed E-state index contributed by atoms with van der Waals surface area (Å²) < 4.78 is 1.09. The van der Waals surface area contributed by atoms with E-state index in [1.165, 1.54) is 19.3 Å². The highest BCUT2D eigenvalue weighted by Crippen LogP contribution is 2.25. The number of hydrogen-bond donors (Lipinski definition) is 0. The molecular weight excluding hydrogens is 294 g/mol. The Bertz CT molecular complexity index is 283. The van der Waals surface area contributed by atoms with E-state index in [9.17, 15) is 0 Å². The van der Waals surface area contributed by atoms with Gasteiger partial charge in [-0.3, -0.25) is 0 Å². The lowest BCUT2D eigenvalue weighted by Crippen LogP contribution is -1.85. The van der Waals surface area contributed by atoms with Crippen LogP contribution in [0, 0.1) is 0 Å². The third-order valence-electron chi connectivity index (χ3n) is 1.99. The van der Waals surface area contributed by atoms with Crippen LogP contribution in [0.2, 0.25) is 0 Å². The first kappa shape index (κ1) is 13.3. The second kappa shape index (κ2) is 8.43. The van der Waals surface area contributed by atoms with E-state index >= 15 is 0 Å². The molecular formula is C11H15BrClNS. The van der Waals surface area contributed by atoms with E-state index in [0.717, 1.165) is 27.6 Å². The van der Waals surface area contributed by atoms with Crippen molar-refractivity contribution in [2.45, 2.75) is 30.7 Å². The fourth-order valence-corrected chi connectivity index (χ4v) is 2.87. The Balaban J connectivity index is 2.12. The van der Waals surface area contributed by atoms with Gasteiger partial charge < -0.3 is 0 Å². The van der Waals surface area contributed by atoms with Crippen LogP contribution >= 0.6 is 39.3 Å². The van der Waals surface area contributed by atoms with Gasteiger partial charge >= 0.3 is 0 Å². The molecule has 84 valence electrons. The molecule has 0 fully saturated rings. The molecule has 0 bridgehead atoms. The smallest absolute Gasteiger partial charge is 0.110 e. The van der Waals surface area contributed by atoms with Crippen molar-refractivity contribution in [3.8, 4) is 0 Å². The number of unbranched alkanes of at least 4 members (excludes halogenated alkanes) is 3. The topological polar surface area (TPSA) is 12.9 Å². The molecule has 0 N–H and O–H groups in total. The molecule has 0 amide bonds. The summed E-state index contributed by atoms with van der Waals surface area (Å²) in [7, 11) is 0. The Hall–Kier alpha value is 0.270. The quantitative estimate of drug-likeness (QED) is 0.410. The number of rotatable bonds is 7. The summed E-state index contributed by atoms with van der Waals surface area (Å²) in [5.41, 5.74) is 0. The maximum absolute atomic E-state index is 5.61. The van der Waals surface area contributed by atoms with Crippen LogP contribution in [0.3, 0.4) is 0 Å². The maximum atomic E-state index is 5.61. The molecule has 0 unspecified atom stereocenters. The van der Waals surface area contributed by atoms with Gasteiger partial charge in [-0.15, -0.1) is 23.4 Å². The van der Waals surface area contributed by atoms with E-state index < -0.39 is 0 Å². The van der Waals surface area contributed by atoms with Crippen LogP contribution < -0.4 is 0 Å². The zero-order chi connectivity index (χ0) is 10.9. The molecule has 1 rings (SSSR count). The summed E-state index contributed by atoms with van der Waals surface area (Å²) in [6.45, 7) is 0. The zero-order valence-corrected chi connectivity index (χ0v) is 11.7. The van der Waals surface area contributed by atoms with Crippen LogP contribution in [0.15, 0.2) is 27.8 Å². The summed E-state index contributed by atoms with van der Waals surface area (Å²) in [5.74, 6) is 1.93. The van der Waals surface area contributed by atoms with Crippen molar-refractivity contribution < 1.29 is 0 Å². The minimum Gasteiger partial charge on any atom is -0.249 e. The van der Waals surface area contributed by atoms with Crippen molar-refractivity contribution >= 4 is 39.3 Å². The van der Waals surface area contributed by atoms with Crippen molar-refractivity contribution in [2.24, 2.45) is 0 Å². The number of hydrogen-bond acceptors (Lipinski definition) is 2. The van der Waals surface area contributed by atoms with Crippen molar-refractivity contribution in [3.05, 3.63) is 22.8 Å². The van der Waals surface area contributed by atoms with Crippen molar-refractivity contribution in [2.75, 3.05) is 11.6 Å². The normalized spacial score (nSPS) is 10.5. The number of pyridine rings is 1. The van der Waals surface area contributed by atoms with Gasteiger partial charge in [0.1, 0.15) is 5.03 Å². The molecule has 0 aliphatic rings. The highest BCUT2D eigenvalue weighted by Gasteiger charge is 2.00. The standard InChI is InChI=1S/C11H15BrClNS/c12-10-6-5-8-14-11(10)15-9-4-2-1-3-7-13/h5-6,8H,1-4,7,9H2. The molecule has 0 saturated heterocycles. The Morgan fingerprint density at radius 1 is 1.27 bits per heavy atom. The van der Waals surface area contributed by atoms with Crippen molar-refractivity contribution in [1.29, 1.82) is 0 Å². The SMILES string of the molecule is ClCCCCCCSc1ncccc1Br. The van der Waals surface area contributed by atoms with Gasteiger partial charge in [0.15, 0.2) is 0 Å². The summed E-state index contributed by atoms with van der Waals surface area (Å²) in [6.07, 6.45) is 6.72. The molecule has 1 aromatic heterocycles. The summed E-state index contributed by atoms with van der Waals surface area (Å²) in [6, 6.07) is 3.97. The summed E-state index contributed by atoms with van der Waals surface area (Å²) in [4.78, 5) is 4.31. The second-order valence-electron chi connectivity index (χ2n) is 3.24. The predicted octanol–water partition coefficient (Wildman–Crippen LogP) is 4.74. The molecule has 0 saturated carbocycles. The van der Waals surface area contributed by atoms with Gasteiger partial charge in [0.05, 0.1) is 0 Å². The lowest BCUT2D eigenvalue weighted by atomic mass is 10.2. The third kappa shape index (κ3) is 5.79. The number of aromatic nitrogens is 1. The van der Waals surface area contributed by atoms with Gasteiger partial charge in [-0.05, 0) is 46.7 Å². The molecule has 15 heavy (non-hydrogen) atoms. The number of nitrogens with zero attached hydrogens (tertiary/aromatic N) is 1. The number of alkyl halides is 1. The van der Waals surface area contributed by atoms with Crippen LogP contribution in [0.1, 0.15) is 25.7 Å². The van der Waals surface area contributed by atoms with Gasteiger partial charge in [-0.1, -0.05) is 12.8 Å². The first-order valence-electron chi connectivity index (χ1n) is 5.14. The third-order valence-corrected chi connectivity index (χ3v) is 4.25. The Morgan fingerprint density at radius 2 is 2.07 bits per heavy atom. The van der Waals surface area contributed by atoms with E-state index in [1.807, 2.05) is 30.1 Å². The van der Waals surface area contributed by atoms with Crippen molar-refractivity contribution in [1.82, 2.24) is 4.98 Å². The van der Waals surface area contributed by atoms with E-state index in [2.05, 4.69) is 20.9 Å². The van der Waals surface area contributed by atoms with Gasteiger partial charge in [0.2, 0.25) is 0 Å². The van der Waals surface area contributed by atoms with Crippen LogP contribution in [-0.4, -0.2) is 16.6 Å². The lowest BCUT2D eigenvalue weighted by Gasteiger charge is -2.02. The van der Waals surface area contributed by atoms with Gasteiger partial charge in [0, 0.05) is 16.5 Å². The van der Waals surface area contributed by atoms with E-state index in [0.29, 0.717) is 0 Å². The fraction of sp³-hybridized carbons (Fsp3) is 0.545.